The van der Waals surface area contributed by atoms with Crippen molar-refractivity contribution in [3.63, 3.8) is 0 Å². The maximum absolute atomic E-state index is 13.2. The molecule has 1 heterocycles. The molecule has 0 aliphatic heterocycles. The topological polar surface area (TPSA) is 42.2 Å². The quantitative estimate of drug-likeness (QED) is 0.150. The first-order valence-electron chi connectivity index (χ1n) is 14.2. The number of amides is 1. The van der Waals surface area contributed by atoms with Gasteiger partial charge in [0.15, 0.2) is 12.7 Å². The van der Waals surface area contributed by atoms with Crippen LogP contribution in [0.1, 0.15) is 105 Å². The fraction of sp³-hybridized carbons (Fsp3) is 0.500. The van der Waals surface area contributed by atoms with Crippen molar-refractivity contribution in [2.24, 2.45) is 0 Å². The Kier molecular flexibility index (Phi) is 16.0. The van der Waals surface area contributed by atoms with Gasteiger partial charge in [0, 0.05) is 5.56 Å². The molecule has 3 rings (SSSR count). The number of para-hydroxylation sites is 2. The van der Waals surface area contributed by atoms with Crippen LogP contribution in [0.15, 0.2) is 60.2 Å². The lowest BCUT2D eigenvalue weighted by Gasteiger charge is -2.13. The molecule has 0 radical (unpaired) electrons. The maximum atomic E-state index is 13.2. The molecular formula is C32H45BrN2O2S. The minimum absolute atomic E-state index is 0. The van der Waals surface area contributed by atoms with Crippen LogP contribution in [0.5, 0.6) is 5.75 Å². The van der Waals surface area contributed by atoms with E-state index in [0.717, 1.165) is 24.2 Å². The Morgan fingerprint density at radius 2 is 1.45 bits per heavy atom. The van der Waals surface area contributed by atoms with Crippen LogP contribution in [0.25, 0.3) is 0 Å². The molecule has 0 aliphatic carbocycles. The maximum Gasteiger partial charge on any atom is 0.259 e. The molecule has 208 valence electrons. The molecule has 1 aromatic heterocycles. The fourth-order valence-corrected chi connectivity index (χ4v) is 5.23. The summed E-state index contributed by atoms with van der Waals surface area (Å²) in [4.78, 5) is 14.4. The number of hydrogen-bond acceptors (Lipinski definition) is 3. The number of aromatic nitrogens is 1. The molecule has 6 heteroatoms. The summed E-state index contributed by atoms with van der Waals surface area (Å²) in [6.45, 7) is 5.74. The first-order valence-corrected chi connectivity index (χ1v) is 15.1. The largest absolute Gasteiger partial charge is 1.00 e. The molecule has 0 fully saturated rings. The summed E-state index contributed by atoms with van der Waals surface area (Å²) in [6, 6.07) is 15.5. The van der Waals surface area contributed by atoms with Gasteiger partial charge in [-0.15, -0.1) is 0 Å². The summed E-state index contributed by atoms with van der Waals surface area (Å²) in [7, 11) is 0. The highest BCUT2D eigenvalue weighted by Gasteiger charge is 2.16. The van der Waals surface area contributed by atoms with Crippen LogP contribution in [-0.4, -0.2) is 12.5 Å². The third kappa shape index (κ3) is 11.7. The van der Waals surface area contributed by atoms with E-state index in [1.54, 1.807) is 11.3 Å². The van der Waals surface area contributed by atoms with E-state index in [9.17, 15) is 4.79 Å². The number of rotatable bonds is 18. The summed E-state index contributed by atoms with van der Waals surface area (Å²) >= 11 is 1.72. The molecule has 3 aromatic rings. The summed E-state index contributed by atoms with van der Waals surface area (Å²) in [5.74, 6) is 0.521. The standard InChI is InChI=1S/C32H44N2O2S.BrH/c1-3-4-5-6-7-8-9-10-11-12-13-18-23-36-31-22-17-15-20-29(31)32(35)33-30-21-16-14-19-28(30)25-34-24-27(2)37-26-34;/h14-17,19-22,24,26H,3-13,18,23,25H2,1-2H3;1H. The lowest BCUT2D eigenvalue weighted by atomic mass is 10.1. The average Bonchev–Trinajstić information content (AvgIpc) is 3.32. The molecule has 0 unspecified atom stereocenters. The van der Waals surface area contributed by atoms with Gasteiger partial charge in [-0.3, -0.25) is 4.79 Å². The van der Waals surface area contributed by atoms with Gasteiger partial charge in [-0.25, -0.2) is 0 Å². The van der Waals surface area contributed by atoms with Crippen molar-refractivity contribution in [2.75, 3.05) is 11.9 Å². The number of hydrogen-bond donors (Lipinski definition) is 1. The Bertz CT molecular complexity index is 1070. The fourth-order valence-electron chi connectivity index (χ4n) is 4.60. The number of carbonyl (C=O) groups excluding carboxylic acids is 1. The smallest absolute Gasteiger partial charge is 0.259 e. The predicted octanol–water partition coefficient (Wildman–Crippen LogP) is 5.73. The second-order valence-electron chi connectivity index (χ2n) is 9.98. The Morgan fingerprint density at radius 3 is 2.11 bits per heavy atom. The number of carbonyl (C=O) groups is 1. The van der Waals surface area contributed by atoms with E-state index in [4.69, 9.17) is 4.74 Å². The van der Waals surface area contributed by atoms with E-state index in [-0.39, 0.29) is 22.9 Å². The second kappa shape index (κ2) is 19.0. The molecule has 4 nitrogen and oxygen atoms in total. The van der Waals surface area contributed by atoms with Crippen molar-refractivity contribution in [2.45, 2.75) is 97.4 Å². The lowest BCUT2D eigenvalue weighted by Crippen LogP contribution is -3.00. The van der Waals surface area contributed by atoms with E-state index in [1.807, 2.05) is 42.5 Å². The molecule has 0 bridgehead atoms. The molecule has 1 amide bonds. The molecule has 0 saturated carbocycles. The van der Waals surface area contributed by atoms with Crippen molar-refractivity contribution < 1.29 is 31.1 Å². The summed E-state index contributed by atoms with van der Waals surface area (Å²) < 4.78 is 8.20. The molecule has 38 heavy (non-hydrogen) atoms. The second-order valence-corrected chi connectivity index (χ2v) is 11.1. The van der Waals surface area contributed by atoms with E-state index >= 15 is 0 Å². The van der Waals surface area contributed by atoms with Gasteiger partial charge in [-0.1, -0.05) is 119 Å². The van der Waals surface area contributed by atoms with Gasteiger partial charge in [0.05, 0.1) is 22.7 Å². The number of benzene rings is 2. The highest BCUT2D eigenvalue weighted by atomic mass is 79.9. The van der Waals surface area contributed by atoms with Crippen molar-refractivity contribution in [3.8, 4) is 5.75 Å². The number of halogens is 1. The zero-order valence-corrected chi connectivity index (χ0v) is 25.6. The zero-order chi connectivity index (χ0) is 26.1. The third-order valence-electron chi connectivity index (χ3n) is 6.73. The highest BCUT2D eigenvalue weighted by Crippen LogP contribution is 2.22. The first kappa shape index (κ1) is 32.0. The number of unbranched alkanes of at least 4 members (excludes halogenated alkanes) is 11. The summed E-state index contributed by atoms with van der Waals surface area (Å²) in [5, 5.41) is 3.11. The van der Waals surface area contributed by atoms with Crippen LogP contribution in [-0.2, 0) is 6.54 Å². The predicted molar refractivity (Wildman–Crippen MR) is 156 cm³/mol. The Hall–Kier alpha value is -2.18. The summed E-state index contributed by atoms with van der Waals surface area (Å²) in [5.41, 5.74) is 4.59. The zero-order valence-electron chi connectivity index (χ0n) is 23.2. The van der Waals surface area contributed by atoms with E-state index in [2.05, 4.69) is 41.5 Å². The average molecular weight is 602 g/mol. The first-order chi connectivity index (χ1) is 18.2. The van der Waals surface area contributed by atoms with Gasteiger partial charge in [-0.05, 0) is 31.5 Å². The van der Waals surface area contributed by atoms with Crippen molar-refractivity contribution in [1.82, 2.24) is 0 Å². The van der Waals surface area contributed by atoms with Gasteiger partial charge >= 0.3 is 0 Å². The minimum atomic E-state index is -0.135. The molecular weight excluding hydrogens is 556 g/mol. The monoisotopic (exact) mass is 600 g/mol. The molecule has 0 spiro atoms. The van der Waals surface area contributed by atoms with Crippen LogP contribution in [0.3, 0.4) is 0 Å². The molecule has 2 aromatic carbocycles. The van der Waals surface area contributed by atoms with Crippen LogP contribution in [0.2, 0.25) is 0 Å². The number of nitrogens with zero attached hydrogens (tertiary/aromatic N) is 1. The van der Waals surface area contributed by atoms with E-state index < -0.39 is 0 Å². The van der Waals surface area contributed by atoms with Gasteiger partial charge < -0.3 is 27.0 Å². The normalized spacial score (nSPS) is 10.7. The van der Waals surface area contributed by atoms with E-state index in [1.165, 1.54) is 75.5 Å². The molecule has 0 aliphatic rings. The van der Waals surface area contributed by atoms with Gasteiger partial charge in [0.2, 0.25) is 5.51 Å². The van der Waals surface area contributed by atoms with Crippen LogP contribution >= 0.6 is 11.3 Å². The SMILES string of the molecule is CCCCCCCCCCCCCCOc1ccccc1C(=O)Nc1ccccc1C[n+]1csc(C)c1.[Br-]. The molecule has 1 N–H and O–H groups in total. The third-order valence-corrected chi connectivity index (χ3v) is 7.58. The van der Waals surface area contributed by atoms with E-state index in [0.29, 0.717) is 17.9 Å². The van der Waals surface area contributed by atoms with Crippen LogP contribution < -0.4 is 31.6 Å². The summed E-state index contributed by atoms with van der Waals surface area (Å²) in [6.07, 6.45) is 18.0. The number of aryl methyl sites for hydroxylation is 1. The minimum Gasteiger partial charge on any atom is -1.00 e. The lowest BCUT2D eigenvalue weighted by molar-refractivity contribution is -0.683. The van der Waals surface area contributed by atoms with Crippen LogP contribution in [0.4, 0.5) is 5.69 Å². The van der Waals surface area contributed by atoms with Crippen LogP contribution in [0, 0.1) is 6.92 Å². The number of anilines is 1. The number of nitrogens with one attached hydrogen (secondary N) is 1. The molecule has 0 saturated heterocycles. The molecule has 0 atom stereocenters. The Balaban J connectivity index is 0.00000507. The van der Waals surface area contributed by atoms with Gasteiger partial charge in [-0.2, -0.15) is 4.57 Å². The Labute approximate surface area is 244 Å². The number of thiazole rings is 1. The Morgan fingerprint density at radius 1 is 0.842 bits per heavy atom. The highest BCUT2D eigenvalue weighted by molar-refractivity contribution is 7.09. The van der Waals surface area contributed by atoms with Gasteiger partial charge in [0.1, 0.15) is 5.75 Å². The van der Waals surface area contributed by atoms with Crippen molar-refractivity contribution in [1.29, 1.82) is 0 Å². The number of ether oxygens (including phenoxy) is 1. The van der Waals surface area contributed by atoms with Crippen molar-refractivity contribution >= 4 is 22.9 Å². The van der Waals surface area contributed by atoms with Gasteiger partial charge in [0.25, 0.3) is 5.91 Å². The van der Waals surface area contributed by atoms with Crippen molar-refractivity contribution in [3.05, 3.63) is 76.2 Å².